The topological polar surface area (TPSA) is 84.4 Å². The van der Waals surface area contributed by atoms with Gasteiger partial charge in [-0.1, -0.05) is 30.3 Å². The number of anilines is 2. The Kier molecular flexibility index (Phi) is 4.84. The summed E-state index contributed by atoms with van der Waals surface area (Å²) in [6.07, 6.45) is 3.80. The molecule has 4 N–H and O–H groups in total. The number of hydrogen-bond donors (Lipinski definition) is 3. The van der Waals surface area contributed by atoms with E-state index in [-0.39, 0.29) is 11.9 Å². The number of aryl methyl sites for hydroxylation is 1. The molecule has 1 atom stereocenters. The van der Waals surface area contributed by atoms with E-state index in [0.717, 1.165) is 44.7 Å². The fraction of sp³-hybridized carbons (Fsp3) is 0.217. The van der Waals surface area contributed by atoms with Gasteiger partial charge in [0.2, 0.25) is 5.91 Å². The van der Waals surface area contributed by atoms with Crippen molar-refractivity contribution in [3.63, 3.8) is 0 Å². The molecule has 1 aromatic heterocycles. The normalized spacial score (nSPS) is 17.1. The average Bonchev–Trinajstić information content (AvgIpc) is 2.95. The van der Waals surface area contributed by atoms with E-state index in [1.807, 2.05) is 25.1 Å². The number of allylic oxidation sites excluding steroid dienone is 1. The summed E-state index contributed by atoms with van der Waals surface area (Å²) in [6, 6.07) is 14.4. The van der Waals surface area contributed by atoms with E-state index < -0.39 is 0 Å². The number of aliphatic imine (C=N–C) groups is 1. The second kappa shape index (κ2) is 7.47. The van der Waals surface area contributed by atoms with Crippen molar-refractivity contribution in [2.75, 3.05) is 17.7 Å². The highest BCUT2D eigenvalue weighted by atomic mass is 16.1. The van der Waals surface area contributed by atoms with Crippen molar-refractivity contribution in [3.8, 4) is 11.3 Å². The molecule has 0 unspecified atom stereocenters. The lowest BCUT2D eigenvalue weighted by atomic mass is 10.0. The first-order valence-electron chi connectivity index (χ1n) is 9.66. The van der Waals surface area contributed by atoms with Gasteiger partial charge >= 0.3 is 0 Å². The van der Waals surface area contributed by atoms with Crippen LogP contribution in [-0.4, -0.2) is 29.8 Å². The summed E-state index contributed by atoms with van der Waals surface area (Å²) in [5.41, 5.74) is 12.7. The minimum atomic E-state index is 0.0248. The monoisotopic (exact) mass is 387 g/mol. The number of carbonyl (C=O) groups is 1. The number of rotatable bonds is 3. The summed E-state index contributed by atoms with van der Waals surface area (Å²) in [5.74, 6) is 0.0248. The third-order valence-electron chi connectivity index (χ3n) is 5.31. The Labute approximate surface area is 170 Å². The van der Waals surface area contributed by atoms with Gasteiger partial charge in [0.1, 0.15) is 0 Å². The van der Waals surface area contributed by atoms with Gasteiger partial charge in [-0.3, -0.25) is 9.79 Å². The van der Waals surface area contributed by atoms with E-state index in [4.69, 9.17) is 5.73 Å². The molecule has 0 radical (unpaired) electrons. The maximum atomic E-state index is 12.1. The zero-order valence-corrected chi connectivity index (χ0v) is 16.9. The molecule has 148 valence electrons. The van der Waals surface area contributed by atoms with E-state index in [1.54, 1.807) is 19.5 Å². The molecule has 0 fully saturated rings. The van der Waals surface area contributed by atoms with E-state index in [1.165, 1.54) is 0 Å². The average molecular weight is 387 g/mol. The summed E-state index contributed by atoms with van der Waals surface area (Å²) in [6.45, 7) is 2.02. The zero-order chi connectivity index (χ0) is 20.5. The van der Waals surface area contributed by atoms with Crippen molar-refractivity contribution in [1.29, 1.82) is 0 Å². The van der Waals surface area contributed by atoms with Crippen LogP contribution in [0.4, 0.5) is 11.4 Å². The SMILES string of the molecule is CN=CC(=CN)c1cccc2cc(-c3cccc4c3N[C@H](C)CC(=O)N4)n(C)c12. The number of amides is 1. The van der Waals surface area contributed by atoms with Crippen LogP contribution in [0.2, 0.25) is 0 Å². The molecule has 1 amide bonds. The number of nitrogens with one attached hydrogen (secondary N) is 2. The highest BCUT2D eigenvalue weighted by Gasteiger charge is 2.22. The van der Waals surface area contributed by atoms with Gasteiger partial charge < -0.3 is 20.9 Å². The summed E-state index contributed by atoms with van der Waals surface area (Å²) in [7, 11) is 3.79. The molecule has 3 aromatic rings. The van der Waals surface area contributed by atoms with Crippen LogP contribution in [0.3, 0.4) is 0 Å². The Balaban J connectivity index is 1.95. The second-order valence-corrected chi connectivity index (χ2v) is 7.37. The van der Waals surface area contributed by atoms with Gasteiger partial charge in [0, 0.05) is 61.1 Å². The van der Waals surface area contributed by atoms with E-state index >= 15 is 0 Å². The van der Waals surface area contributed by atoms with Crippen molar-refractivity contribution in [2.45, 2.75) is 19.4 Å². The lowest BCUT2D eigenvalue weighted by Crippen LogP contribution is -2.19. The predicted octanol–water partition coefficient (Wildman–Crippen LogP) is 3.99. The molecule has 1 aliphatic rings. The molecule has 0 saturated carbocycles. The lowest BCUT2D eigenvalue weighted by molar-refractivity contribution is -0.116. The van der Waals surface area contributed by atoms with Gasteiger partial charge in [0.25, 0.3) is 0 Å². The van der Waals surface area contributed by atoms with Crippen LogP contribution in [0, 0.1) is 0 Å². The van der Waals surface area contributed by atoms with Crippen LogP contribution in [-0.2, 0) is 11.8 Å². The van der Waals surface area contributed by atoms with Crippen molar-refractivity contribution < 1.29 is 4.79 Å². The van der Waals surface area contributed by atoms with Crippen LogP contribution < -0.4 is 16.4 Å². The largest absolute Gasteiger partial charge is 0.404 e. The molecule has 0 spiro atoms. The van der Waals surface area contributed by atoms with Gasteiger partial charge in [0.05, 0.1) is 22.6 Å². The Morgan fingerprint density at radius 2 is 2.07 bits per heavy atom. The summed E-state index contributed by atoms with van der Waals surface area (Å²) in [4.78, 5) is 16.3. The van der Waals surface area contributed by atoms with Gasteiger partial charge in [-0.15, -0.1) is 0 Å². The minimum Gasteiger partial charge on any atom is -0.404 e. The molecule has 1 aliphatic heterocycles. The van der Waals surface area contributed by atoms with Gasteiger partial charge in [0.15, 0.2) is 0 Å². The smallest absolute Gasteiger partial charge is 0.226 e. The van der Waals surface area contributed by atoms with Crippen molar-refractivity contribution in [1.82, 2.24) is 4.57 Å². The van der Waals surface area contributed by atoms with Gasteiger partial charge in [-0.05, 0) is 19.1 Å². The highest BCUT2D eigenvalue weighted by Crippen LogP contribution is 2.39. The quantitative estimate of drug-likeness (QED) is 0.594. The number of para-hydroxylation sites is 2. The second-order valence-electron chi connectivity index (χ2n) is 7.37. The van der Waals surface area contributed by atoms with Crippen molar-refractivity contribution in [2.24, 2.45) is 17.8 Å². The Morgan fingerprint density at radius 3 is 2.83 bits per heavy atom. The van der Waals surface area contributed by atoms with Gasteiger partial charge in [-0.25, -0.2) is 0 Å². The third-order valence-corrected chi connectivity index (χ3v) is 5.31. The summed E-state index contributed by atoms with van der Waals surface area (Å²) in [5, 5.41) is 7.65. The number of benzene rings is 2. The molecule has 0 bridgehead atoms. The molecule has 29 heavy (non-hydrogen) atoms. The maximum Gasteiger partial charge on any atom is 0.226 e. The Morgan fingerprint density at radius 1 is 1.28 bits per heavy atom. The van der Waals surface area contributed by atoms with Crippen LogP contribution in [0.15, 0.2) is 53.7 Å². The molecule has 4 rings (SSSR count). The van der Waals surface area contributed by atoms with Crippen LogP contribution in [0.5, 0.6) is 0 Å². The van der Waals surface area contributed by atoms with E-state index in [0.29, 0.717) is 6.42 Å². The molecule has 2 aromatic carbocycles. The number of fused-ring (bicyclic) bond motifs is 2. The van der Waals surface area contributed by atoms with Crippen molar-refractivity contribution >= 4 is 40.0 Å². The molecule has 0 aliphatic carbocycles. The molecule has 0 saturated heterocycles. The molecular formula is C23H25N5O. The standard InChI is InChI=1S/C23H25N5O/c1-14-10-21(29)27-19-9-5-8-18(22(19)26-14)20-11-15-6-4-7-17(23(15)28(20)3)16(12-24)13-25-2/h4-9,11-14,26H,10,24H2,1-3H3,(H,27,29)/t14-/m1/s1. The fourth-order valence-electron chi connectivity index (χ4n) is 4.05. The zero-order valence-electron chi connectivity index (χ0n) is 16.9. The molecule has 6 nitrogen and oxygen atoms in total. The highest BCUT2D eigenvalue weighted by molar-refractivity contribution is 6.14. The van der Waals surface area contributed by atoms with E-state index in [9.17, 15) is 4.79 Å². The first-order valence-corrected chi connectivity index (χ1v) is 9.66. The maximum absolute atomic E-state index is 12.1. The Hall–Kier alpha value is -3.54. The number of aromatic nitrogens is 1. The van der Waals surface area contributed by atoms with Crippen LogP contribution in [0.25, 0.3) is 27.7 Å². The number of nitrogens with zero attached hydrogens (tertiary/aromatic N) is 2. The minimum absolute atomic E-state index is 0.0248. The lowest BCUT2D eigenvalue weighted by Gasteiger charge is -2.17. The fourth-order valence-corrected chi connectivity index (χ4v) is 4.05. The van der Waals surface area contributed by atoms with Crippen molar-refractivity contribution in [3.05, 3.63) is 54.2 Å². The molecular weight excluding hydrogens is 362 g/mol. The van der Waals surface area contributed by atoms with Gasteiger partial charge in [-0.2, -0.15) is 0 Å². The van der Waals surface area contributed by atoms with Crippen LogP contribution in [0.1, 0.15) is 18.9 Å². The molecule has 2 heterocycles. The number of hydrogen-bond acceptors (Lipinski definition) is 4. The summed E-state index contributed by atoms with van der Waals surface area (Å²) >= 11 is 0. The number of carbonyl (C=O) groups excluding carboxylic acids is 1. The first kappa shape index (κ1) is 18.8. The van der Waals surface area contributed by atoms with E-state index in [2.05, 4.69) is 51.5 Å². The third kappa shape index (κ3) is 3.27. The first-order chi connectivity index (χ1) is 14.0. The Bertz CT molecular complexity index is 1160. The number of nitrogens with two attached hydrogens (primary N) is 1. The summed E-state index contributed by atoms with van der Waals surface area (Å²) < 4.78 is 2.17. The molecule has 6 heteroatoms. The van der Waals surface area contributed by atoms with Crippen LogP contribution >= 0.6 is 0 Å². The predicted molar refractivity (Wildman–Crippen MR) is 121 cm³/mol.